The predicted octanol–water partition coefficient (Wildman–Crippen LogP) is 1.56. The number of amides is 1. The van der Waals surface area contributed by atoms with Gasteiger partial charge in [0, 0.05) is 18.4 Å². The first-order valence-electron chi connectivity index (χ1n) is 6.17. The number of rotatable bonds is 5. The van der Waals surface area contributed by atoms with Gasteiger partial charge in [0.15, 0.2) is 0 Å². The third kappa shape index (κ3) is 3.23. The third-order valence-electron chi connectivity index (χ3n) is 2.85. The predicted molar refractivity (Wildman–Crippen MR) is 75.2 cm³/mol. The molecule has 0 aliphatic heterocycles. The van der Waals surface area contributed by atoms with Crippen LogP contribution < -0.4 is 11.1 Å². The molecule has 1 unspecified atom stereocenters. The van der Waals surface area contributed by atoms with Gasteiger partial charge in [0.2, 0.25) is 11.8 Å². The molecule has 6 nitrogen and oxygen atoms in total. The molecule has 1 atom stereocenters. The van der Waals surface area contributed by atoms with Crippen LogP contribution in [0.1, 0.15) is 5.56 Å². The Kier molecular flexibility index (Phi) is 4.49. The summed E-state index contributed by atoms with van der Waals surface area (Å²) < 4.78 is 10.1. The molecule has 6 heteroatoms. The fourth-order valence-corrected chi connectivity index (χ4v) is 1.78. The van der Waals surface area contributed by atoms with Crippen LogP contribution in [-0.2, 0) is 9.53 Å². The molecule has 0 radical (unpaired) electrons. The second-order valence-electron chi connectivity index (χ2n) is 4.42. The highest BCUT2D eigenvalue weighted by molar-refractivity contribution is 5.95. The van der Waals surface area contributed by atoms with Gasteiger partial charge in [-0.15, -0.1) is 0 Å². The van der Waals surface area contributed by atoms with Gasteiger partial charge >= 0.3 is 0 Å². The fourth-order valence-electron chi connectivity index (χ4n) is 1.78. The molecule has 3 N–H and O–H groups in total. The van der Waals surface area contributed by atoms with Crippen LogP contribution in [0.3, 0.4) is 0 Å². The Morgan fingerprint density at radius 1 is 1.55 bits per heavy atom. The van der Waals surface area contributed by atoms with Crippen LogP contribution in [0.5, 0.6) is 0 Å². The summed E-state index contributed by atoms with van der Waals surface area (Å²) in [5.41, 5.74) is 8.14. The van der Waals surface area contributed by atoms with E-state index in [0.717, 1.165) is 11.1 Å². The zero-order chi connectivity index (χ0) is 14.5. The standard InChI is InChI=1S/C14H17N3O3/c1-9-3-4-10(17-13(18)12(15)8-19-2)7-11(9)14-16-5-6-20-14/h3-7,12H,8,15H2,1-2H3,(H,17,18). The zero-order valence-corrected chi connectivity index (χ0v) is 11.4. The average molecular weight is 275 g/mol. The summed E-state index contributed by atoms with van der Waals surface area (Å²) in [6.45, 7) is 2.12. The molecule has 0 saturated carbocycles. The molecule has 1 amide bonds. The van der Waals surface area contributed by atoms with Crippen molar-refractivity contribution in [2.24, 2.45) is 5.73 Å². The van der Waals surface area contributed by atoms with Gasteiger partial charge in [0.25, 0.3) is 0 Å². The molecule has 1 aromatic carbocycles. The molecular weight excluding hydrogens is 258 g/mol. The van der Waals surface area contributed by atoms with E-state index in [1.54, 1.807) is 18.3 Å². The fraction of sp³-hybridized carbons (Fsp3) is 0.286. The number of anilines is 1. The first kappa shape index (κ1) is 14.2. The Morgan fingerprint density at radius 2 is 2.35 bits per heavy atom. The second kappa shape index (κ2) is 6.31. The molecule has 0 aliphatic rings. The van der Waals surface area contributed by atoms with E-state index < -0.39 is 6.04 Å². The smallest absolute Gasteiger partial charge is 0.243 e. The Bertz CT molecular complexity index is 581. The van der Waals surface area contributed by atoms with Crippen LogP contribution in [0.2, 0.25) is 0 Å². The molecule has 0 saturated heterocycles. The van der Waals surface area contributed by atoms with E-state index in [9.17, 15) is 4.79 Å². The van der Waals surface area contributed by atoms with E-state index >= 15 is 0 Å². The molecule has 0 bridgehead atoms. The number of carbonyl (C=O) groups excluding carboxylic acids is 1. The molecule has 20 heavy (non-hydrogen) atoms. The monoisotopic (exact) mass is 275 g/mol. The largest absolute Gasteiger partial charge is 0.445 e. The summed E-state index contributed by atoms with van der Waals surface area (Å²) in [6, 6.07) is 4.79. The highest BCUT2D eigenvalue weighted by Gasteiger charge is 2.14. The number of aryl methyl sites for hydroxylation is 1. The quantitative estimate of drug-likeness (QED) is 0.864. The number of hydrogen-bond donors (Lipinski definition) is 2. The minimum absolute atomic E-state index is 0.171. The van der Waals surface area contributed by atoms with Crippen LogP contribution in [0.15, 0.2) is 35.1 Å². The topological polar surface area (TPSA) is 90.4 Å². The molecule has 2 aromatic rings. The summed E-state index contributed by atoms with van der Waals surface area (Å²) in [4.78, 5) is 15.9. The van der Waals surface area contributed by atoms with E-state index in [1.807, 2.05) is 13.0 Å². The van der Waals surface area contributed by atoms with Crippen molar-refractivity contribution < 1.29 is 13.9 Å². The van der Waals surface area contributed by atoms with Gasteiger partial charge in [-0.3, -0.25) is 4.79 Å². The maximum atomic E-state index is 11.8. The van der Waals surface area contributed by atoms with Crippen molar-refractivity contribution in [1.82, 2.24) is 4.98 Å². The van der Waals surface area contributed by atoms with Crippen LogP contribution in [0, 0.1) is 6.92 Å². The van der Waals surface area contributed by atoms with Crippen LogP contribution in [0.25, 0.3) is 11.5 Å². The highest BCUT2D eigenvalue weighted by Crippen LogP contribution is 2.25. The lowest BCUT2D eigenvalue weighted by atomic mass is 10.1. The zero-order valence-electron chi connectivity index (χ0n) is 11.4. The number of ether oxygens (including phenoxy) is 1. The molecular formula is C14H17N3O3. The van der Waals surface area contributed by atoms with Gasteiger partial charge in [-0.1, -0.05) is 6.07 Å². The van der Waals surface area contributed by atoms with E-state index in [1.165, 1.54) is 13.4 Å². The van der Waals surface area contributed by atoms with Gasteiger partial charge in [0.05, 0.1) is 12.8 Å². The van der Waals surface area contributed by atoms with Gasteiger partial charge in [-0.05, 0) is 24.6 Å². The van der Waals surface area contributed by atoms with Gasteiger partial charge < -0.3 is 20.2 Å². The number of carbonyl (C=O) groups is 1. The van der Waals surface area contributed by atoms with Crippen molar-refractivity contribution in [3.8, 4) is 11.5 Å². The number of benzene rings is 1. The number of nitrogens with two attached hydrogens (primary N) is 1. The molecule has 1 aromatic heterocycles. The average Bonchev–Trinajstić information content (AvgIpc) is 2.95. The first-order valence-corrected chi connectivity index (χ1v) is 6.17. The summed E-state index contributed by atoms with van der Waals surface area (Å²) >= 11 is 0. The minimum Gasteiger partial charge on any atom is -0.445 e. The van der Waals surface area contributed by atoms with Crippen molar-refractivity contribution in [3.63, 3.8) is 0 Å². The number of methoxy groups -OCH3 is 1. The molecule has 106 valence electrons. The Morgan fingerprint density at radius 3 is 3.00 bits per heavy atom. The lowest BCUT2D eigenvalue weighted by Crippen LogP contribution is -2.39. The van der Waals surface area contributed by atoms with E-state index in [0.29, 0.717) is 11.6 Å². The normalized spacial score (nSPS) is 12.2. The summed E-state index contributed by atoms with van der Waals surface area (Å²) in [6.07, 6.45) is 3.09. The molecule has 0 aliphatic carbocycles. The molecule has 0 fully saturated rings. The SMILES string of the molecule is COCC(N)C(=O)Nc1ccc(C)c(-c2ncco2)c1. The summed E-state index contributed by atoms with van der Waals surface area (Å²) in [7, 11) is 1.50. The highest BCUT2D eigenvalue weighted by atomic mass is 16.5. The van der Waals surface area contributed by atoms with E-state index in [4.69, 9.17) is 14.9 Å². The van der Waals surface area contributed by atoms with Gasteiger partial charge in [-0.2, -0.15) is 0 Å². The summed E-state index contributed by atoms with van der Waals surface area (Å²) in [5, 5.41) is 2.74. The number of nitrogens with zero attached hydrogens (tertiary/aromatic N) is 1. The van der Waals surface area contributed by atoms with Crippen LogP contribution in [0.4, 0.5) is 5.69 Å². The Labute approximate surface area is 116 Å². The van der Waals surface area contributed by atoms with Crippen LogP contribution >= 0.6 is 0 Å². The number of oxazole rings is 1. The molecule has 2 rings (SSSR count). The lowest BCUT2D eigenvalue weighted by Gasteiger charge is -2.12. The molecule has 1 heterocycles. The second-order valence-corrected chi connectivity index (χ2v) is 4.42. The van der Waals surface area contributed by atoms with E-state index in [2.05, 4.69) is 10.3 Å². The number of nitrogens with one attached hydrogen (secondary N) is 1. The first-order chi connectivity index (χ1) is 9.61. The number of aromatic nitrogens is 1. The summed E-state index contributed by atoms with van der Waals surface area (Å²) in [5.74, 6) is 0.217. The number of hydrogen-bond acceptors (Lipinski definition) is 5. The molecule has 0 spiro atoms. The van der Waals surface area contributed by atoms with Crippen molar-refractivity contribution >= 4 is 11.6 Å². The lowest BCUT2D eigenvalue weighted by molar-refractivity contribution is -0.118. The van der Waals surface area contributed by atoms with Crippen LogP contribution in [-0.4, -0.2) is 30.6 Å². The van der Waals surface area contributed by atoms with Crippen molar-refractivity contribution in [3.05, 3.63) is 36.2 Å². The maximum Gasteiger partial charge on any atom is 0.243 e. The minimum atomic E-state index is -0.702. The third-order valence-corrected chi connectivity index (χ3v) is 2.85. The Hall–Kier alpha value is -2.18. The van der Waals surface area contributed by atoms with Crippen molar-refractivity contribution in [2.45, 2.75) is 13.0 Å². The maximum absolute atomic E-state index is 11.8. The van der Waals surface area contributed by atoms with E-state index in [-0.39, 0.29) is 12.5 Å². The van der Waals surface area contributed by atoms with Crippen molar-refractivity contribution in [2.75, 3.05) is 19.0 Å². The van der Waals surface area contributed by atoms with Gasteiger partial charge in [-0.25, -0.2) is 4.98 Å². The van der Waals surface area contributed by atoms with Gasteiger partial charge in [0.1, 0.15) is 12.3 Å². The Balaban J connectivity index is 2.18. The van der Waals surface area contributed by atoms with Crippen molar-refractivity contribution in [1.29, 1.82) is 0 Å².